The van der Waals surface area contributed by atoms with Crippen LogP contribution in [0.15, 0.2) is 27.1 Å². The molecule has 19 heavy (non-hydrogen) atoms. The highest BCUT2D eigenvalue weighted by Crippen LogP contribution is 2.36. The summed E-state index contributed by atoms with van der Waals surface area (Å²) in [5.74, 6) is 0. The molecule has 1 saturated carbocycles. The van der Waals surface area contributed by atoms with Gasteiger partial charge in [-0.05, 0) is 59.9 Å². The maximum atomic E-state index is 3.82. The van der Waals surface area contributed by atoms with Gasteiger partial charge in [0.1, 0.15) is 0 Å². The minimum Gasteiger partial charge on any atom is -0.369 e. The van der Waals surface area contributed by atoms with Gasteiger partial charge in [0, 0.05) is 27.6 Å². The first-order valence-corrected chi connectivity index (χ1v) is 8.72. The molecule has 0 radical (unpaired) electrons. The molecule has 2 aliphatic rings. The monoisotopic (exact) mass is 386 g/mol. The van der Waals surface area contributed by atoms with Crippen molar-refractivity contribution in [2.75, 3.05) is 24.5 Å². The third kappa shape index (κ3) is 3.01. The number of nitrogens with one attached hydrogen (secondary N) is 1. The molecule has 1 N–H and O–H groups in total. The van der Waals surface area contributed by atoms with Crippen molar-refractivity contribution in [3.05, 3.63) is 27.1 Å². The molecule has 2 nitrogen and oxygen atoms in total. The maximum Gasteiger partial charge on any atom is 0.0522 e. The summed E-state index contributed by atoms with van der Waals surface area (Å²) in [6.45, 7) is 3.44. The summed E-state index contributed by atoms with van der Waals surface area (Å²) < 4.78 is 2.36. The Kier molecular flexibility index (Phi) is 4.20. The molecular formula is C15H20Br2N2. The quantitative estimate of drug-likeness (QED) is 0.771. The molecule has 0 aromatic heterocycles. The summed E-state index contributed by atoms with van der Waals surface area (Å²) >= 11 is 7.30. The number of hydrogen-bond donors (Lipinski definition) is 1. The van der Waals surface area contributed by atoms with Gasteiger partial charge in [0.05, 0.1) is 5.69 Å². The largest absolute Gasteiger partial charge is 0.369 e. The van der Waals surface area contributed by atoms with Crippen LogP contribution >= 0.6 is 31.9 Å². The van der Waals surface area contributed by atoms with E-state index < -0.39 is 0 Å². The molecule has 1 heterocycles. The topological polar surface area (TPSA) is 15.3 Å². The van der Waals surface area contributed by atoms with Gasteiger partial charge in [-0.15, -0.1) is 0 Å². The third-order valence-electron chi connectivity index (χ3n) is 4.41. The summed E-state index contributed by atoms with van der Waals surface area (Å²) in [7, 11) is 0. The standard InChI is InChI=1S/C15H20Br2N2/c16-12-4-5-13(17)14(10-12)19-9-3-8-18-15(11-19)6-1-2-7-15/h4-5,10,18H,1-3,6-9,11H2. The smallest absolute Gasteiger partial charge is 0.0522 e. The molecule has 0 bridgehead atoms. The maximum absolute atomic E-state index is 3.82. The Morgan fingerprint density at radius 2 is 1.89 bits per heavy atom. The first kappa shape index (κ1) is 13.9. The predicted octanol–water partition coefficient (Wildman–Crippen LogP) is 4.32. The van der Waals surface area contributed by atoms with Crippen LogP contribution in [0.25, 0.3) is 0 Å². The van der Waals surface area contributed by atoms with Crippen molar-refractivity contribution in [3.63, 3.8) is 0 Å². The van der Waals surface area contributed by atoms with Crippen molar-refractivity contribution in [2.45, 2.75) is 37.6 Å². The highest BCUT2D eigenvalue weighted by atomic mass is 79.9. The van der Waals surface area contributed by atoms with Crippen LogP contribution < -0.4 is 10.2 Å². The first-order valence-electron chi connectivity index (χ1n) is 7.14. The normalized spacial score (nSPS) is 22.7. The Morgan fingerprint density at radius 3 is 2.68 bits per heavy atom. The zero-order valence-corrected chi connectivity index (χ0v) is 14.3. The SMILES string of the molecule is Brc1ccc(Br)c(N2CCCNC3(CCCC3)C2)c1. The van der Waals surface area contributed by atoms with Crippen LogP contribution in [0.3, 0.4) is 0 Å². The second-order valence-corrected chi connectivity index (χ2v) is 7.56. The molecule has 104 valence electrons. The van der Waals surface area contributed by atoms with Crippen molar-refractivity contribution in [3.8, 4) is 0 Å². The van der Waals surface area contributed by atoms with Gasteiger partial charge >= 0.3 is 0 Å². The first-order chi connectivity index (χ1) is 9.19. The molecule has 1 aromatic carbocycles. The molecule has 1 aliphatic carbocycles. The highest BCUT2D eigenvalue weighted by molar-refractivity contribution is 9.11. The van der Waals surface area contributed by atoms with Gasteiger partial charge in [0.2, 0.25) is 0 Å². The van der Waals surface area contributed by atoms with E-state index in [-0.39, 0.29) is 0 Å². The van der Waals surface area contributed by atoms with Crippen LogP contribution in [0.5, 0.6) is 0 Å². The van der Waals surface area contributed by atoms with Crippen LogP contribution in [-0.4, -0.2) is 25.2 Å². The minimum atomic E-state index is 0.359. The van der Waals surface area contributed by atoms with E-state index in [9.17, 15) is 0 Å². The lowest BCUT2D eigenvalue weighted by Crippen LogP contribution is -2.49. The van der Waals surface area contributed by atoms with Crippen molar-refractivity contribution in [1.82, 2.24) is 5.32 Å². The van der Waals surface area contributed by atoms with Crippen molar-refractivity contribution < 1.29 is 0 Å². The van der Waals surface area contributed by atoms with E-state index in [1.54, 1.807) is 0 Å². The van der Waals surface area contributed by atoms with Crippen molar-refractivity contribution in [1.29, 1.82) is 0 Å². The molecule has 0 atom stereocenters. The Labute approximate surface area is 132 Å². The fourth-order valence-electron chi connectivity index (χ4n) is 3.44. The molecule has 1 saturated heterocycles. The van der Waals surface area contributed by atoms with Gasteiger partial charge in [-0.25, -0.2) is 0 Å². The fraction of sp³-hybridized carbons (Fsp3) is 0.600. The summed E-state index contributed by atoms with van der Waals surface area (Å²) in [5.41, 5.74) is 1.68. The molecule has 0 amide bonds. The Hall–Kier alpha value is -0.0600. The van der Waals surface area contributed by atoms with E-state index in [0.717, 1.165) is 24.1 Å². The van der Waals surface area contributed by atoms with Gasteiger partial charge in [0.15, 0.2) is 0 Å². The Morgan fingerprint density at radius 1 is 1.11 bits per heavy atom. The van der Waals surface area contributed by atoms with Gasteiger partial charge < -0.3 is 10.2 Å². The average molecular weight is 388 g/mol. The van der Waals surface area contributed by atoms with E-state index in [2.05, 4.69) is 60.3 Å². The van der Waals surface area contributed by atoms with Crippen LogP contribution in [0.2, 0.25) is 0 Å². The van der Waals surface area contributed by atoms with Gasteiger partial charge in [-0.1, -0.05) is 28.8 Å². The zero-order chi connectivity index (χ0) is 13.3. The lowest BCUT2D eigenvalue weighted by atomic mass is 9.97. The van der Waals surface area contributed by atoms with E-state index in [4.69, 9.17) is 0 Å². The van der Waals surface area contributed by atoms with E-state index in [1.165, 1.54) is 42.3 Å². The number of benzene rings is 1. The van der Waals surface area contributed by atoms with E-state index in [0.29, 0.717) is 5.54 Å². The minimum absolute atomic E-state index is 0.359. The number of rotatable bonds is 1. The fourth-order valence-corrected chi connectivity index (χ4v) is 4.29. The number of halogens is 2. The van der Waals surface area contributed by atoms with Gasteiger partial charge in [-0.3, -0.25) is 0 Å². The van der Waals surface area contributed by atoms with Crippen LogP contribution in [-0.2, 0) is 0 Å². The summed E-state index contributed by atoms with van der Waals surface area (Å²) in [6.07, 6.45) is 6.63. The molecule has 1 aliphatic heterocycles. The lowest BCUT2D eigenvalue weighted by Gasteiger charge is -2.35. The number of nitrogens with zero attached hydrogens (tertiary/aromatic N) is 1. The second kappa shape index (κ2) is 5.74. The Bertz CT molecular complexity index is 455. The lowest BCUT2D eigenvalue weighted by molar-refractivity contribution is 0.354. The van der Waals surface area contributed by atoms with Crippen LogP contribution in [0, 0.1) is 0 Å². The molecule has 3 rings (SSSR count). The van der Waals surface area contributed by atoms with Gasteiger partial charge in [-0.2, -0.15) is 0 Å². The summed E-state index contributed by atoms with van der Waals surface area (Å²) in [4.78, 5) is 2.56. The molecule has 1 spiro atoms. The van der Waals surface area contributed by atoms with E-state index >= 15 is 0 Å². The van der Waals surface area contributed by atoms with Crippen LogP contribution in [0.4, 0.5) is 5.69 Å². The number of anilines is 1. The molecule has 1 aromatic rings. The molecule has 4 heteroatoms. The second-order valence-electron chi connectivity index (χ2n) is 5.79. The van der Waals surface area contributed by atoms with Crippen LogP contribution in [0.1, 0.15) is 32.1 Å². The van der Waals surface area contributed by atoms with Gasteiger partial charge in [0.25, 0.3) is 0 Å². The predicted molar refractivity (Wildman–Crippen MR) is 87.9 cm³/mol. The van der Waals surface area contributed by atoms with Crippen molar-refractivity contribution >= 4 is 37.5 Å². The third-order valence-corrected chi connectivity index (χ3v) is 5.57. The average Bonchev–Trinajstić information content (AvgIpc) is 2.74. The number of hydrogen-bond acceptors (Lipinski definition) is 2. The highest BCUT2D eigenvalue weighted by Gasteiger charge is 2.36. The van der Waals surface area contributed by atoms with E-state index in [1.807, 2.05) is 0 Å². The van der Waals surface area contributed by atoms with Crippen molar-refractivity contribution in [2.24, 2.45) is 0 Å². The summed E-state index contributed by atoms with van der Waals surface area (Å²) in [6, 6.07) is 6.46. The zero-order valence-electron chi connectivity index (χ0n) is 11.1. The molecule has 0 unspecified atom stereocenters. The molecular weight excluding hydrogens is 368 g/mol. The summed E-state index contributed by atoms with van der Waals surface area (Å²) in [5, 5.41) is 3.82. The molecule has 2 fully saturated rings. The Balaban J connectivity index is 1.88.